The molecule has 232 valence electrons. The van der Waals surface area contributed by atoms with Crippen molar-refractivity contribution in [1.82, 2.24) is 0 Å². The Morgan fingerprint density at radius 1 is 0.579 bits per heavy atom. The molecule has 0 aromatic rings. The molecule has 0 saturated carbocycles. The smallest absolute Gasteiger partial charge is 0.334 e. The predicted molar refractivity (Wildman–Crippen MR) is 162 cm³/mol. The Bertz CT molecular complexity index is 477. The van der Waals surface area contributed by atoms with Gasteiger partial charge in [-0.3, -0.25) is 0 Å². The van der Waals surface area contributed by atoms with E-state index in [0.29, 0.717) is 0 Å². The van der Waals surface area contributed by atoms with Crippen LogP contribution < -0.4 is 0 Å². The quantitative estimate of drug-likeness (QED) is 0.0387. The van der Waals surface area contributed by atoms with E-state index in [0.717, 1.165) is 49.0 Å². The summed E-state index contributed by atoms with van der Waals surface area (Å²) >= 11 is 2.77. The molecule has 0 aliphatic heterocycles. The van der Waals surface area contributed by atoms with Gasteiger partial charge in [-0.25, -0.2) is 4.31 Å². The molecule has 13 heteroatoms. The van der Waals surface area contributed by atoms with Gasteiger partial charge < -0.3 is 40.0 Å². The zero-order valence-corrected chi connectivity index (χ0v) is 27.3. The van der Waals surface area contributed by atoms with Gasteiger partial charge in [0.1, 0.15) is 0 Å². The zero-order valence-electron chi connectivity index (χ0n) is 23.9. The van der Waals surface area contributed by atoms with E-state index in [1.807, 2.05) is 0 Å². The second-order valence-electron chi connectivity index (χ2n) is 10.5. The van der Waals surface area contributed by atoms with Gasteiger partial charge in [0.25, 0.3) is 0 Å². The number of aliphatic hydroxyl groups is 4. The number of hydrogen-bond donors (Lipinski definition) is 8. The molecule has 0 aromatic carbocycles. The minimum Gasteiger partial charge on any atom is -0.395 e. The topological polar surface area (TPSA) is 171 Å². The molecule has 0 unspecified atom stereocenters. The summed E-state index contributed by atoms with van der Waals surface area (Å²) in [5.74, 6) is 3.08. The molecular weight excluding hydrogens is 570 g/mol. The lowest BCUT2D eigenvalue weighted by atomic mass is 9.92. The fraction of sp³-hybridized carbons (Fsp3) is 1.00. The lowest BCUT2D eigenvalue weighted by molar-refractivity contribution is -0.0617. The van der Waals surface area contributed by atoms with Gasteiger partial charge in [-0.05, 0) is 36.2 Å². The molecule has 0 aliphatic carbocycles. The molecule has 0 bridgehead atoms. The van der Waals surface area contributed by atoms with E-state index in [-0.39, 0.29) is 0 Å². The maximum Gasteiger partial charge on any atom is 0.334 e. The Morgan fingerprint density at radius 3 is 1.16 bits per heavy atom. The minimum absolute atomic E-state index is 0.430. The van der Waals surface area contributed by atoms with Crippen LogP contribution in [0.25, 0.3) is 0 Å². The Labute approximate surface area is 242 Å². The summed E-state index contributed by atoms with van der Waals surface area (Å²) in [6.07, 6.45) is 14.3. The number of unbranched alkanes of at least 4 members (excludes halogenated alkanes) is 8. The molecule has 0 spiro atoms. The fourth-order valence-corrected chi connectivity index (χ4v) is 7.26. The van der Waals surface area contributed by atoms with Crippen LogP contribution in [0.5, 0.6) is 0 Å². The van der Waals surface area contributed by atoms with Crippen molar-refractivity contribution in [2.24, 2.45) is 17.3 Å². The predicted octanol–water partition coefficient (Wildman–Crippen LogP) is 5.48. The summed E-state index contributed by atoms with van der Waals surface area (Å²) in [5.41, 5.74) is -1.29. The Hall–Kier alpha value is 1.20. The second kappa shape index (κ2) is 25.9. The molecule has 0 aromatic heterocycles. The summed E-state index contributed by atoms with van der Waals surface area (Å²) in [7, 11) is -5.22. The van der Waals surface area contributed by atoms with E-state index in [4.69, 9.17) is 19.6 Å². The highest BCUT2D eigenvalue weighted by Gasteiger charge is 2.50. The highest BCUT2D eigenvalue weighted by atomic mass is 32.2. The first-order valence-electron chi connectivity index (χ1n) is 13.8. The molecule has 0 heterocycles. The molecule has 9 nitrogen and oxygen atoms in total. The molecule has 0 amide bonds. The number of thioether (sulfide) groups is 2. The fourth-order valence-electron chi connectivity index (χ4n) is 3.65. The number of aliphatic hydroxyl groups excluding tert-OH is 3. The van der Waals surface area contributed by atoms with E-state index >= 15 is 0 Å². The van der Waals surface area contributed by atoms with Crippen molar-refractivity contribution in [2.75, 3.05) is 31.3 Å². The maximum atomic E-state index is 11.4. The van der Waals surface area contributed by atoms with Crippen LogP contribution in [-0.2, 0) is 4.31 Å². The van der Waals surface area contributed by atoms with Crippen molar-refractivity contribution < 1.29 is 44.3 Å². The highest BCUT2D eigenvalue weighted by Crippen LogP contribution is 2.49. The van der Waals surface area contributed by atoms with E-state index in [1.165, 1.54) is 74.9 Å². The normalized spacial score (nSPS) is 12.6. The third kappa shape index (κ3) is 21.9. The second-order valence-corrected chi connectivity index (χ2v) is 15.0. The average Bonchev–Trinajstić information content (AvgIpc) is 2.83. The van der Waals surface area contributed by atoms with Crippen LogP contribution in [0.2, 0.25) is 0 Å². The van der Waals surface area contributed by atoms with E-state index in [2.05, 4.69) is 32.0 Å². The van der Waals surface area contributed by atoms with Gasteiger partial charge in [0, 0.05) is 0 Å². The first-order valence-corrected chi connectivity index (χ1v) is 18.1. The summed E-state index contributed by atoms with van der Waals surface area (Å²) in [6.45, 7) is 7.76. The lowest BCUT2D eigenvalue weighted by Gasteiger charge is -2.43. The van der Waals surface area contributed by atoms with Gasteiger partial charge in [0.05, 0.1) is 25.2 Å². The van der Waals surface area contributed by atoms with Gasteiger partial charge in [0.2, 0.25) is 0 Å². The monoisotopic (exact) mass is 626 g/mol. The Kier molecular flexibility index (Phi) is 28.1. The molecule has 0 atom stereocenters. The first kappa shape index (κ1) is 41.3. The molecule has 0 aliphatic rings. The van der Waals surface area contributed by atoms with Crippen LogP contribution in [0.15, 0.2) is 0 Å². The van der Waals surface area contributed by atoms with Crippen LogP contribution >= 0.6 is 40.7 Å². The molecular formula is C25H56O9P2S2. The van der Waals surface area contributed by atoms with Crippen molar-refractivity contribution in [3.05, 3.63) is 0 Å². The average molecular weight is 627 g/mol. The third-order valence-corrected chi connectivity index (χ3v) is 10.7. The van der Waals surface area contributed by atoms with Crippen molar-refractivity contribution in [1.29, 1.82) is 0 Å². The molecule has 0 radical (unpaired) electrons. The molecule has 38 heavy (non-hydrogen) atoms. The Balaban J connectivity index is 0. The zero-order chi connectivity index (χ0) is 29.5. The summed E-state index contributed by atoms with van der Waals surface area (Å²) in [5, 5.41) is 41.1. The van der Waals surface area contributed by atoms with Gasteiger partial charge >= 0.3 is 17.2 Å². The molecule has 8 N–H and O–H groups in total. The number of rotatable bonds is 24. The van der Waals surface area contributed by atoms with Gasteiger partial charge in [-0.2, -0.15) is 0 Å². The first-order chi connectivity index (χ1) is 17.9. The van der Waals surface area contributed by atoms with Gasteiger partial charge in [0.15, 0.2) is 4.27 Å². The van der Waals surface area contributed by atoms with Crippen molar-refractivity contribution in [3.8, 4) is 0 Å². The van der Waals surface area contributed by atoms with Crippen LogP contribution in [0.3, 0.4) is 0 Å². The number of hydrogen-bond acceptors (Lipinski definition) is 11. The molecule has 0 saturated heterocycles. The summed E-state index contributed by atoms with van der Waals surface area (Å²) in [4.78, 5) is 31.3. The Morgan fingerprint density at radius 2 is 0.895 bits per heavy atom. The summed E-state index contributed by atoms with van der Waals surface area (Å²) in [6, 6.07) is 0. The van der Waals surface area contributed by atoms with Crippen molar-refractivity contribution in [2.45, 2.75) is 109 Å². The van der Waals surface area contributed by atoms with Gasteiger partial charge in [-0.15, -0.1) is 23.5 Å². The maximum absolute atomic E-state index is 11.4. The van der Waals surface area contributed by atoms with Crippen molar-refractivity contribution >= 4 is 40.7 Å². The molecule has 0 fully saturated rings. The SMILES string of the molecule is CC(C)CCCCCCCSC(O)(SCCCCCCCC(C)C)C(CO)(CO)CO.OP(O)OP(O)O. The van der Waals surface area contributed by atoms with E-state index in [9.17, 15) is 20.4 Å². The van der Waals surface area contributed by atoms with Crippen LogP contribution in [0.4, 0.5) is 0 Å². The van der Waals surface area contributed by atoms with Crippen molar-refractivity contribution in [3.63, 3.8) is 0 Å². The third-order valence-electron chi connectivity index (χ3n) is 6.17. The minimum atomic E-state index is -2.61. The highest BCUT2D eigenvalue weighted by molar-refractivity contribution is 8.18. The molecule has 0 rings (SSSR count). The summed E-state index contributed by atoms with van der Waals surface area (Å²) < 4.78 is 2.23. The van der Waals surface area contributed by atoms with Crippen LogP contribution in [-0.4, -0.2) is 75.6 Å². The van der Waals surface area contributed by atoms with Crippen LogP contribution in [0, 0.1) is 17.3 Å². The standard InChI is InChI=1S/C25H52O4S2.H4O5P2/c1-22(2)15-11-7-5-9-13-17-30-25(29,24(19-26,20-27)21-28)31-18-14-10-6-8-12-16-23(3)4;1-6(2)5-7(3)4/h22-23,26-29H,5-21H2,1-4H3;1-4H. The lowest BCUT2D eigenvalue weighted by Crippen LogP contribution is -2.52. The van der Waals surface area contributed by atoms with E-state index in [1.54, 1.807) is 0 Å². The van der Waals surface area contributed by atoms with Gasteiger partial charge in [-0.1, -0.05) is 91.9 Å². The largest absolute Gasteiger partial charge is 0.395 e. The van der Waals surface area contributed by atoms with E-state index < -0.39 is 46.7 Å². The van der Waals surface area contributed by atoms with Crippen LogP contribution in [0.1, 0.15) is 105 Å².